The third-order valence-electron chi connectivity index (χ3n) is 4.74. The summed E-state index contributed by atoms with van der Waals surface area (Å²) in [5.41, 5.74) is 3.22. The second-order valence-corrected chi connectivity index (χ2v) is 8.29. The van der Waals surface area contributed by atoms with Crippen LogP contribution in [0.25, 0.3) is 11.4 Å². The fourth-order valence-corrected chi connectivity index (χ4v) is 4.50. The molecule has 30 heavy (non-hydrogen) atoms. The van der Waals surface area contributed by atoms with E-state index in [4.69, 9.17) is 25.5 Å². The van der Waals surface area contributed by atoms with E-state index in [2.05, 4.69) is 33.8 Å². The molecule has 152 valence electrons. The van der Waals surface area contributed by atoms with Gasteiger partial charge in [-0.1, -0.05) is 47.1 Å². The highest BCUT2D eigenvalue weighted by Gasteiger charge is 2.20. The summed E-state index contributed by atoms with van der Waals surface area (Å²) in [6.45, 7) is 2.81. The predicted octanol–water partition coefficient (Wildman–Crippen LogP) is 5.57. The van der Waals surface area contributed by atoms with Crippen LogP contribution in [0.2, 0.25) is 5.02 Å². The van der Waals surface area contributed by atoms with Crippen molar-refractivity contribution in [3.05, 3.63) is 76.7 Å². The summed E-state index contributed by atoms with van der Waals surface area (Å²) in [4.78, 5) is 0. The van der Waals surface area contributed by atoms with Gasteiger partial charge in [0.1, 0.15) is 5.76 Å². The number of benzene rings is 2. The Morgan fingerprint density at radius 1 is 1.10 bits per heavy atom. The lowest BCUT2D eigenvalue weighted by molar-refractivity contribution is 0.174. The second-order valence-electron chi connectivity index (χ2n) is 6.94. The van der Waals surface area contributed by atoms with Crippen molar-refractivity contribution in [1.29, 1.82) is 0 Å². The minimum absolute atomic E-state index is 0.197. The number of furan rings is 1. The molecular formula is C22H18ClN3O3S. The van der Waals surface area contributed by atoms with Crippen LogP contribution in [0.15, 0.2) is 64.4 Å². The number of hydrogen-bond donors (Lipinski definition) is 0. The van der Waals surface area contributed by atoms with E-state index in [9.17, 15) is 0 Å². The van der Waals surface area contributed by atoms with Gasteiger partial charge in [0.05, 0.1) is 17.8 Å². The van der Waals surface area contributed by atoms with Crippen LogP contribution in [-0.4, -0.2) is 21.6 Å². The first-order valence-electron chi connectivity index (χ1n) is 9.41. The maximum absolute atomic E-state index is 6.32. The minimum Gasteiger partial charge on any atom is -0.467 e. The Labute approximate surface area is 182 Å². The molecule has 4 aromatic rings. The smallest absolute Gasteiger partial charge is 0.231 e. The molecular weight excluding hydrogens is 422 g/mol. The Morgan fingerprint density at radius 2 is 2.03 bits per heavy atom. The van der Waals surface area contributed by atoms with Crippen molar-refractivity contribution in [2.24, 2.45) is 0 Å². The van der Waals surface area contributed by atoms with Crippen molar-refractivity contribution in [3.8, 4) is 22.9 Å². The highest BCUT2D eigenvalue weighted by molar-refractivity contribution is 7.98. The third kappa shape index (κ3) is 3.78. The van der Waals surface area contributed by atoms with Crippen LogP contribution in [0, 0.1) is 6.92 Å². The molecule has 0 aliphatic carbocycles. The van der Waals surface area contributed by atoms with Crippen LogP contribution in [0.1, 0.15) is 16.9 Å². The van der Waals surface area contributed by atoms with E-state index in [0.29, 0.717) is 28.8 Å². The van der Waals surface area contributed by atoms with Crippen LogP contribution in [0.4, 0.5) is 0 Å². The Hall–Kier alpha value is -2.90. The topological polar surface area (TPSA) is 62.3 Å². The molecule has 1 aliphatic heterocycles. The van der Waals surface area contributed by atoms with Crippen molar-refractivity contribution in [1.82, 2.24) is 14.8 Å². The van der Waals surface area contributed by atoms with Gasteiger partial charge in [0.25, 0.3) is 0 Å². The van der Waals surface area contributed by atoms with Gasteiger partial charge in [0, 0.05) is 11.3 Å². The van der Waals surface area contributed by atoms with Crippen LogP contribution >= 0.6 is 23.4 Å². The summed E-state index contributed by atoms with van der Waals surface area (Å²) in [5.74, 6) is 3.60. The average molecular weight is 440 g/mol. The van der Waals surface area contributed by atoms with Crippen molar-refractivity contribution < 1.29 is 13.9 Å². The van der Waals surface area contributed by atoms with E-state index < -0.39 is 0 Å². The highest BCUT2D eigenvalue weighted by Crippen LogP contribution is 2.41. The van der Waals surface area contributed by atoms with Crippen LogP contribution < -0.4 is 9.47 Å². The maximum atomic E-state index is 6.32. The molecule has 8 heteroatoms. The standard InChI is InChI=1S/C22H18ClN3O3S/c1-14-4-2-5-16(8-14)21-24-25-22(26(21)11-17-6-3-7-27-17)30-12-15-9-18(23)20-19(10-15)28-13-29-20/h2-10H,11-13H2,1H3. The molecule has 5 rings (SSSR count). The SMILES string of the molecule is Cc1cccc(-c2nnc(SCc3cc(Cl)c4c(c3)OCO4)n2Cc2ccco2)c1. The van der Waals surface area contributed by atoms with Gasteiger partial charge in [-0.3, -0.25) is 4.57 Å². The fraction of sp³-hybridized carbons (Fsp3) is 0.182. The number of thioether (sulfide) groups is 1. The first kappa shape index (κ1) is 19.1. The number of aryl methyl sites for hydroxylation is 1. The number of rotatable bonds is 6. The number of ether oxygens (including phenoxy) is 2. The average Bonchev–Trinajstić information content (AvgIpc) is 3.48. The van der Waals surface area contributed by atoms with Gasteiger partial charge in [0.2, 0.25) is 6.79 Å². The molecule has 3 heterocycles. The molecule has 0 radical (unpaired) electrons. The first-order valence-corrected chi connectivity index (χ1v) is 10.8. The number of hydrogen-bond acceptors (Lipinski definition) is 6. The Balaban J connectivity index is 1.45. The van der Waals surface area contributed by atoms with Crippen molar-refractivity contribution in [2.45, 2.75) is 24.4 Å². The molecule has 1 aliphatic rings. The van der Waals surface area contributed by atoms with Gasteiger partial charge in [-0.2, -0.15) is 0 Å². The predicted molar refractivity (Wildman–Crippen MR) is 115 cm³/mol. The highest BCUT2D eigenvalue weighted by atomic mass is 35.5. The molecule has 0 unspecified atom stereocenters. The molecule has 6 nitrogen and oxygen atoms in total. The lowest BCUT2D eigenvalue weighted by atomic mass is 10.1. The van der Waals surface area contributed by atoms with Gasteiger partial charge >= 0.3 is 0 Å². The van der Waals surface area contributed by atoms with Crippen LogP contribution in [-0.2, 0) is 12.3 Å². The van der Waals surface area contributed by atoms with Gasteiger partial charge < -0.3 is 13.9 Å². The summed E-state index contributed by atoms with van der Waals surface area (Å²) in [6, 6.07) is 15.9. The summed E-state index contributed by atoms with van der Waals surface area (Å²) < 4.78 is 18.5. The van der Waals surface area contributed by atoms with E-state index in [1.54, 1.807) is 18.0 Å². The van der Waals surface area contributed by atoms with E-state index in [0.717, 1.165) is 27.9 Å². The molecule has 0 bridgehead atoms. The number of halogens is 1. The summed E-state index contributed by atoms with van der Waals surface area (Å²) in [6.07, 6.45) is 1.67. The zero-order valence-corrected chi connectivity index (χ0v) is 17.7. The fourth-order valence-electron chi connectivity index (χ4n) is 3.35. The van der Waals surface area contributed by atoms with Crippen molar-refractivity contribution >= 4 is 23.4 Å². The molecule has 0 N–H and O–H groups in total. The molecule has 0 atom stereocenters. The van der Waals surface area contributed by atoms with E-state index in [1.165, 1.54) is 5.56 Å². The quantitative estimate of drug-likeness (QED) is 0.366. The van der Waals surface area contributed by atoms with Gasteiger partial charge in [-0.25, -0.2) is 0 Å². The molecule has 0 amide bonds. The zero-order valence-electron chi connectivity index (χ0n) is 16.2. The van der Waals surface area contributed by atoms with Crippen LogP contribution in [0.5, 0.6) is 11.5 Å². The van der Waals surface area contributed by atoms with Gasteiger partial charge in [-0.15, -0.1) is 10.2 Å². The largest absolute Gasteiger partial charge is 0.467 e. The second kappa shape index (κ2) is 8.08. The minimum atomic E-state index is 0.197. The van der Waals surface area contributed by atoms with E-state index >= 15 is 0 Å². The molecule has 0 saturated carbocycles. The number of nitrogens with zero attached hydrogens (tertiary/aromatic N) is 3. The molecule has 2 aromatic heterocycles. The maximum Gasteiger partial charge on any atom is 0.231 e. The Bertz CT molecular complexity index is 1190. The molecule has 2 aromatic carbocycles. The van der Waals surface area contributed by atoms with Crippen molar-refractivity contribution in [3.63, 3.8) is 0 Å². The van der Waals surface area contributed by atoms with Crippen LogP contribution in [0.3, 0.4) is 0 Å². The molecule has 0 spiro atoms. The summed E-state index contributed by atoms with van der Waals surface area (Å²) in [7, 11) is 0. The Morgan fingerprint density at radius 3 is 2.87 bits per heavy atom. The number of fused-ring (bicyclic) bond motifs is 1. The number of aromatic nitrogens is 3. The first-order chi connectivity index (χ1) is 14.7. The zero-order chi connectivity index (χ0) is 20.5. The monoisotopic (exact) mass is 439 g/mol. The third-order valence-corrected chi connectivity index (χ3v) is 6.06. The lowest BCUT2D eigenvalue weighted by Gasteiger charge is -2.10. The van der Waals surface area contributed by atoms with Crippen molar-refractivity contribution in [2.75, 3.05) is 6.79 Å². The van der Waals surface area contributed by atoms with Gasteiger partial charge in [0.15, 0.2) is 22.5 Å². The van der Waals surface area contributed by atoms with Gasteiger partial charge in [-0.05, 0) is 42.8 Å². The normalized spacial score (nSPS) is 12.5. The van der Waals surface area contributed by atoms with E-state index in [-0.39, 0.29) is 6.79 Å². The van der Waals surface area contributed by atoms with E-state index in [1.807, 2.05) is 36.4 Å². The molecule has 0 saturated heterocycles. The summed E-state index contributed by atoms with van der Waals surface area (Å²) >= 11 is 7.91. The lowest BCUT2D eigenvalue weighted by Crippen LogP contribution is -2.03. The summed E-state index contributed by atoms with van der Waals surface area (Å²) in [5, 5.41) is 10.3. The molecule has 0 fully saturated rings. The Kier molecular flexibility index (Phi) is 5.14.